The minimum atomic E-state index is -0.969. The third-order valence-electron chi connectivity index (χ3n) is 5.26. The standard InChI is InChI=1S/C20H29N3O4S/c1-11(2)12-4-6-13(7-5-12)22-20-23-16-17(25)15(24)10-14(18(16)28-20)19(26)21-8-9-27-3/h4-7,11,14-18,24-25H,8-10H2,1-3H3,(H,21,26)(H,22,23). The van der Waals surface area contributed by atoms with Crippen LogP contribution in [0.5, 0.6) is 0 Å². The summed E-state index contributed by atoms with van der Waals surface area (Å²) in [4.78, 5) is 17.2. The third-order valence-corrected chi connectivity index (χ3v) is 6.57. The van der Waals surface area contributed by atoms with Gasteiger partial charge in [-0.1, -0.05) is 37.7 Å². The van der Waals surface area contributed by atoms with Crippen molar-refractivity contribution in [3.8, 4) is 0 Å². The highest BCUT2D eigenvalue weighted by molar-refractivity contribution is 8.15. The summed E-state index contributed by atoms with van der Waals surface area (Å²) in [6.45, 7) is 5.14. The lowest BCUT2D eigenvalue weighted by Gasteiger charge is -2.37. The minimum Gasteiger partial charge on any atom is -0.390 e. The Morgan fingerprint density at radius 2 is 2.04 bits per heavy atom. The van der Waals surface area contributed by atoms with E-state index in [1.807, 2.05) is 12.1 Å². The van der Waals surface area contributed by atoms with Gasteiger partial charge in [-0.05, 0) is 30.0 Å². The van der Waals surface area contributed by atoms with E-state index in [9.17, 15) is 15.0 Å². The molecule has 0 spiro atoms. The molecule has 0 bridgehead atoms. The van der Waals surface area contributed by atoms with Crippen LogP contribution in [-0.2, 0) is 9.53 Å². The van der Waals surface area contributed by atoms with Crippen LogP contribution in [0.2, 0.25) is 0 Å². The van der Waals surface area contributed by atoms with E-state index in [1.54, 1.807) is 7.11 Å². The molecule has 1 aromatic carbocycles. The number of rotatable bonds is 6. The average Bonchev–Trinajstić information content (AvgIpc) is 3.09. The van der Waals surface area contributed by atoms with Crippen molar-refractivity contribution in [1.82, 2.24) is 5.32 Å². The molecule has 5 atom stereocenters. The summed E-state index contributed by atoms with van der Waals surface area (Å²) in [5, 5.41) is 27.2. The SMILES string of the molecule is COCCNC(=O)C1CC(O)C(O)C2N=C(Nc3ccc(C(C)C)cc3)SC12. The van der Waals surface area contributed by atoms with Crippen LogP contribution in [-0.4, -0.2) is 65.0 Å². The first-order valence-electron chi connectivity index (χ1n) is 9.65. The molecule has 3 rings (SSSR count). The maximum Gasteiger partial charge on any atom is 0.224 e. The first kappa shape index (κ1) is 21.1. The predicted octanol–water partition coefficient (Wildman–Crippen LogP) is 1.57. The largest absolute Gasteiger partial charge is 0.390 e. The maximum absolute atomic E-state index is 12.6. The molecule has 2 aliphatic rings. The van der Waals surface area contributed by atoms with Crippen LogP contribution in [0.1, 0.15) is 31.7 Å². The van der Waals surface area contributed by atoms with Crippen molar-refractivity contribution in [3.05, 3.63) is 29.8 Å². The first-order valence-corrected chi connectivity index (χ1v) is 10.5. The number of aliphatic hydroxyl groups is 2. The lowest BCUT2D eigenvalue weighted by atomic mass is 9.81. The summed E-state index contributed by atoms with van der Waals surface area (Å²) in [5.74, 6) is -0.0935. The van der Waals surface area contributed by atoms with E-state index >= 15 is 0 Å². The first-order chi connectivity index (χ1) is 13.4. The van der Waals surface area contributed by atoms with E-state index in [2.05, 4.69) is 41.6 Å². The minimum absolute atomic E-state index is 0.136. The highest BCUT2D eigenvalue weighted by Crippen LogP contribution is 2.41. The fourth-order valence-electron chi connectivity index (χ4n) is 3.59. The molecule has 8 heteroatoms. The van der Waals surface area contributed by atoms with Gasteiger partial charge in [-0.2, -0.15) is 0 Å². The number of nitrogens with one attached hydrogen (secondary N) is 2. The van der Waals surface area contributed by atoms with Crippen molar-refractivity contribution >= 4 is 28.5 Å². The highest BCUT2D eigenvalue weighted by Gasteiger charge is 2.50. The van der Waals surface area contributed by atoms with Gasteiger partial charge in [0.15, 0.2) is 5.17 Å². The maximum atomic E-state index is 12.6. The number of carbonyl (C=O) groups is 1. The van der Waals surface area contributed by atoms with E-state index in [0.717, 1.165) is 5.69 Å². The normalized spacial score (nSPS) is 29.4. The summed E-state index contributed by atoms with van der Waals surface area (Å²) in [7, 11) is 1.58. The lowest BCUT2D eigenvalue weighted by molar-refractivity contribution is -0.129. The number of hydrogen-bond acceptors (Lipinski definition) is 7. The number of amides is 1. The Kier molecular flexibility index (Phi) is 6.98. The molecule has 1 amide bonds. The number of thioether (sulfide) groups is 1. The molecule has 154 valence electrons. The molecular weight excluding hydrogens is 378 g/mol. The van der Waals surface area contributed by atoms with E-state index < -0.39 is 24.2 Å². The van der Waals surface area contributed by atoms with Gasteiger partial charge in [-0.15, -0.1) is 0 Å². The second kappa shape index (κ2) is 9.26. The van der Waals surface area contributed by atoms with Crippen LogP contribution in [0.25, 0.3) is 0 Å². The number of aliphatic imine (C=N–C) groups is 1. The van der Waals surface area contributed by atoms with Gasteiger partial charge in [0.1, 0.15) is 6.10 Å². The average molecular weight is 408 g/mol. The van der Waals surface area contributed by atoms with E-state index in [1.165, 1.54) is 17.3 Å². The molecule has 7 nitrogen and oxygen atoms in total. The molecule has 1 aliphatic carbocycles. The van der Waals surface area contributed by atoms with Crippen LogP contribution >= 0.6 is 11.8 Å². The Morgan fingerprint density at radius 1 is 1.32 bits per heavy atom. The monoisotopic (exact) mass is 407 g/mol. The Labute approximate surface area is 170 Å². The van der Waals surface area contributed by atoms with Crippen molar-refractivity contribution in [2.75, 3.05) is 25.6 Å². The molecule has 1 fully saturated rings. The van der Waals surface area contributed by atoms with Gasteiger partial charge < -0.3 is 25.6 Å². The number of fused-ring (bicyclic) bond motifs is 1. The summed E-state index contributed by atoms with van der Waals surface area (Å²) in [6.07, 6.45) is -1.71. The van der Waals surface area contributed by atoms with Gasteiger partial charge >= 0.3 is 0 Å². The van der Waals surface area contributed by atoms with Gasteiger partial charge in [-0.3, -0.25) is 9.79 Å². The summed E-state index contributed by atoms with van der Waals surface area (Å²) >= 11 is 1.46. The van der Waals surface area contributed by atoms with Crippen LogP contribution in [0.4, 0.5) is 5.69 Å². The van der Waals surface area contributed by atoms with Crippen LogP contribution in [0.15, 0.2) is 29.3 Å². The van der Waals surface area contributed by atoms with Crippen molar-refractivity contribution in [2.24, 2.45) is 10.9 Å². The smallest absolute Gasteiger partial charge is 0.224 e. The molecule has 0 saturated heterocycles. The molecule has 1 heterocycles. The van der Waals surface area contributed by atoms with Gasteiger partial charge in [0, 0.05) is 24.6 Å². The van der Waals surface area contributed by atoms with Gasteiger partial charge in [0.05, 0.1) is 24.7 Å². The molecule has 1 aromatic rings. The van der Waals surface area contributed by atoms with Crippen molar-refractivity contribution in [1.29, 1.82) is 0 Å². The zero-order valence-electron chi connectivity index (χ0n) is 16.5. The highest BCUT2D eigenvalue weighted by atomic mass is 32.2. The van der Waals surface area contributed by atoms with Gasteiger partial charge in [0.25, 0.3) is 0 Å². The Balaban J connectivity index is 1.69. The fourth-order valence-corrected chi connectivity index (χ4v) is 4.97. The molecular formula is C20H29N3O4S. The van der Waals surface area contributed by atoms with E-state index in [-0.39, 0.29) is 17.6 Å². The number of methoxy groups -OCH3 is 1. The molecule has 0 radical (unpaired) electrons. The van der Waals surface area contributed by atoms with Crippen LogP contribution in [0, 0.1) is 5.92 Å². The van der Waals surface area contributed by atoms with Crippen molar-refractivity contribution in [3.63, 3.8) is 0 Å². The zero-order valence-corrected chi connectivity index (χ0v) is 17.3. The third kappa shape index (κ3) is 4.68. The molecule has 1 saturated carbocycles. The molecule has 28 heavy (non-hydrogen) atoms. The van der Waals surface area contributed by atoms with Crippen molar-refractivity contribution < 1.29 is 19.7 Å². The second-order valence-corrected chi connectivity index (χ2v) is 8.76. The number of benzene rings is 1. The van der Waals surface area contributed by atoms with Gasteiger partial charge in [0.2, 0.25) is 5.91 Å². The Morgan fingerprint density at radius 3 is 2.68 bits per heavy atom. The number of aliphatic hydroxyl groups excluding tert-OH is 2. The van der Waals surface area contributed by atoms with E-state index in [0.29, 0.717) is 24.2 Å². The molecule has 5 unspecified atom stereocenters. The summed E-state index contributed by atoms with van der Waals surface area (Å²) in [6, 6.07) is 7.64. The molecule has 0 aromatic heterocycles. The second-order valence-electron chi connectivity index (χ2n) is 7.59. The Hall–Kier alpha value is -1.61. The Bertz CT molecular complexity index is 710. The van der Waals surface area contributed by atoms with Gasteiger partial charge in [-0.25, -0.2) is 0 Å². The fraction of sp³-hybridized carbons (Fsp3) is 0.600. The van der Waals surface area contributed by atoms with Crippen LogP contribution < -0.4 is 10.6 Å². The number of ether oxygens (including phenoxy) is 1. The lowest BCUT2D eigenvalue weighted by Crippen LogP contribution is -2.54. The molecule has 1 aliphatic heterocycles. The number of nitrogens with zero attached hydrogens (tertiary/aromatic N) is 1. The predicted molar refractivity (Wildman–Crippen MR) is 112 cm³/mol. The zero-order chi connectivity index (χ0) is 20.3. The topological polar surface area (TPSA) is 103 Å². The number of amidine groups is 1. The summed E-state index contributed by atoms with van der Waals surface area (Å²) in [5.41, 5.74) is 2.16. The quantitative estimate of drug-likeness (QED) is 0.534. The number of anilines is 1. The number of carbonyl (C=O) groups excluding carboxylic acids is 1. The summed E-state index contributed by atoms with van der Waals surface area (Å²) < 4.78 is 4.97. The van der Waals surface area contributed by atoms with Crippen LogP contribution in [0.3, 0.4) is 0 Å². The van der Waals surface area contributed by atoms with Crippen molar-refractivity contribution in [2.45, 2.75) is 49.7 Å². The molecule has 4 N–H and O–H groups in total. The number of hydrogen-bond donors (Lipinski definition) is 4. The van der Waals surface area contributed by atoms with E-state index in [4.69, 9.17) is 4.74 Å².